The van der Waals surface area contributed by atoms with Crippen LogP contribution in [-0.2, 0) is 17.1 Å². The van der Waals surface area contributed by atoms with Gasteiger partial charge < -0.3 is 15.3 Å². The van der Waals surface area contributed by atoms with E-state index in [1.807, 2.05) is 0 Å². The summed E-state index contributed by atoms with van der Waals surface area (Å²) in [7, 11) is 0. The molecule has 0 aliphatic heterocycles. The Balaban J connectivity index is 0. The molecule has 0 spiro atoms. The molecule has 0 radical (unpaired) electrons. The summed E-state index contributed by atoms with van der Waals surface area (Å²) in [5.74, 6) is 0. The summed E-state index contributed by atoms with van der Waals surface area (Å²) in [6.45, 7) is 0. The molecule has 0 rings (SSSR count). The Bertz CT molecular complexity index is 201. The van der Waals surface area contributed by atoms with E-state index < -0.39 is 29.1 Å². The van der Waals surface area contributed by atoms with Crippen molar-refractivity contribution in [2.75, 3.05) is 0 Å². The molecule has 0 aliphatic carbocycles. The molecule has 82 valence electrons. The van der Waals surface area contributed by atoms with E-state index in [0.29, 0.717) is 0 Å². The number of nitro groups is 2. The van der Waals surface area contributed by atoms with Gasteiger partial charge in [0.2, 0.25) is 0 Å². The molecule has 0 saturated heterocycles. The van der Waals surface area contributed by atoms with Crippen molar-refractivity contribution in [3.05, 3.63) is 35.6 Å². The molecule has 0 saturated carbocycles. The molecular weight excluding hydrogens is 377 g/mol. The van der Waals surface area contributed by atoms with Crippen molar-refractivity contribution in [2.45, 2.75) is 0 Å². The molecule has 0 aromatic carbocycles. The number of nitrogens with zero attached hydrogens (tertiary/aromatic N) is 3. The normalized spacial score (nSPS) is 10.6. The molecule has 13 heteroatoms. The van der Waals surface area contributed by atoms with E-state index in [4.69, 9.17) is 15.3 Å². The Hall–Kier alpha value is -1.39. The third kappa shape index (κ3) is 6.99. The van der Waals surface area contributed by atoms with Crippen molar-refractivity contribution in [3.8, 4) is 0 Å². The quantitative estimate of drug-likeness (QED) is 0.401. The third-order valence-corrected chi connectivity index (χ3v) is 3.03. The van der Waals surface area contributed by atoms with E-state index >= 15 is 0 Å². The van der Waals surface area contributed by atoms with Crippen molar-refractivity contribution in [3.63, 3.8) is 0 Å². The molecule has 0 heterocycles. The Labute approximate surface area is 73.9 Å². The second-order valence-electron chi connectivity index (χ2n) is 1.10. The van der Waals surface area contributed by atoms with Crippen molar-refractivity contribution in [1.29, 1.82) is 0 Å². The van der Waals surface area contributed by atoms with E-state index in [0.717, 1.165) is 0 Å². The van der Waals surface area contributed by atoms with Gasteiger partial charge in [0, 0.05) is 0 Å². The molecule has 0 atom stereocenters. The fourth-order valence-corrected chi connectivity index (χ4v) is 0.345. The van der Waals surface area contributed by atoms with Crippen LogP contribution in [0.2, 0.25) is 0 Å². The Morgan fingerprint density at radius 2 is 1.00 bits per heavy atom. The van der Waals surface area contributed by atoms with Crippen molar-refractivity contribution in [2.24, 2.45) is 8.58 Å². The number of hydrogen-bond donors (Lipinski definition) is 2. The first-order chi connectivity index (χ1) is 5.62. The standard InChI is InChI=1S/NO3.2NO2.2H2N.Pt/c2-1(3)4;2*2-1-3;;;/h;;;2*1H2;/q-1;;;2*-1;+2. The van der Waals surface area contributed by atoms with Gasteiger partial charge in [0.1, 0.15) is 0 Å². The summed E-state index contributed by atoms with van der Waals surface area (Å²) in [5.41, 5.74) is 0. The molecule has 0 aliphatic rings. The van der Waals surface area contributed by atoms with E-state index in [-0.39, 0.29) is 0 Å². The number of nitrogens with two attached hydrogens (primary N) is 2. The van der Waals surface area contributed by atoms with Crippen LogP contribution in [0.3, 0.4) is 0 Å². The number of rotatable bonds is 2. The summed E-state index contributed by atoms with van der Waals surface area (Å²) >= 11 is -4.82. The zero-order valence-electron chi connectivity index (χ0n) is 5.67. The van der Waals surface area contributed by atoms with Crippen LogP contribution in [0.4, 0.5) is 0 Å². The first-order valence-electron chi connectivity index (χ1n) is 1.93. The molecule has 0 aromatic rings. The fraction of sp³-hybridized carbons (Fsp3) is 0. The van der Waals surface area contributed by atoms with Gasteiger partial charge in [0.05, 0.1) is 5.09 Å². The molecule has 0 unspecified atom stereocenters. The van der Waals surface area contributed by atoms with Crippen LogP contribution in [-0.4, -0.2) is 12.1 Å². The summed E-state index contributed by atoms with van der Waals surface area (Å²) in [4.78, 5) is 27.6. The van der Waals surface area contributed by atoms with Crippen LogP contribution < -0.4 is 8.58 Å². The average Bonchev–Trinajstić information content (AvgIpc) is 1.85. The minimum atomic E-state index is -4.82. The zero-order chi connectivity index (χ0) is 11.2. The van der Waals surface area contributed by atoms with Crippen LogP contribution >= 0.6 is 0 Å². The van der Waals surface area contributed by atoms with Crippen LogP contribution in [0.1, 0.15) is 0 Å². The summed E-state index contributed by atoms with van der Waals surface area (Å²) < 4.78 is 6.72. The van der Waals surface area contributed by atoms with E-state index in [1.54, 1.807) is 0 Å². The van der Waals surface area contributed by atoms with Gasteiger partial charge in [0.25, 0.3) is 0 Å². The van der Waals surface area contributed by atoms with E-state index in [1.165, 1.54) is 0 Å². The second-order valence-corrected chi connectivity index (χ2v) is 6.32. The van der Waals surface area contributed by atoms with Crippen LogP contribution in [0, 0.1) is 35.6 Å². The SMILES string of the molecule is O=[N+]([O-])[O-].[NH2][Pt]([NH2])([N+](=O)[O-])[N+](=O)[O-]. The van der Waals surface area contributed by atoms with Gasteiger partial charge in [-0.3, -0.25) is 0 Å². The molecule has 4 N–H and O–H groups in total. The monoisotopic (exact) mass is 381 g/mol. The predicted molar refractivity (Wildman–Crippen MR) is 32.7 cm³/mol. The third-order valence-electron chi connectivity index (χ3n) is 0.370. The maximum absolute atomic E-state index is 9.66. The molecule has 0 aromatic heterocycles. The van der Waals surface area contributed by atoms with Gasteiger partial charge >= 0.3 is 52.8 Å². The van der Waals surface area contributed by atoms with Gasteiger partial charge in [-0.25, -0.2) is 0 Å². The topological polar surface area (TPSA) is 205 Å². The van der Waals surface area contributed by atoms with Crippen molar-refractivity contribution in [1.82, 2.24) is 0 Å². The minimum absolute atomic E-state index is 1.20. The molecule has 0 amide bonds. The van der Waals surface area contributed by atoms with Gasteiger partial charge in [-0.1, -0.05) is 0 Å². The summed E-state index contributed by atoms with van der Waals surface area (Å²) in [6.07, 6.45) is 0. The van der Waals surface area contributed by atoms with Gasteiger partial charge in [0.15, 0.2) is 0 Å². The molecule has 12 nitrogen and oxygen atoms in total. The van der Waals surface area contributed by atoms with Crippen molar-refractivity contribution >= 4 is 0 Å². The fourth-order valence-electron chi connectivity index (χ4n) is 0.0422. The van der Waals surface area contributed by atoms with Crippen LogP contribution in [0.25, 0.3) is 0 Å². The van der Waals surface area contributed by atoms with Gasteiger partial charge in [-0.05, 0) is 0 Å². The first-order valence-corrected chi connectivity index (χ1v) is 6.58. The Kier molecular flexibility index (Phi) is 5.76. The summed E-state index contributed by atoms with van der Waals surface area (Å²) in [6, 6.07) is 0. The van der Waals surface area contributed by atoms with Crippen LogP contribution in [0.5, 0.6) is 0 Å². The number of hydrogen-bond acceptors (Lipinski definition) is 9. The zero-order valence-corrected chi connectivity index (χ0v) is 7.94. The van der Waals surface area contributed by atoms with Gasteiger partial charge in [-0.15, -0.1) is 0 Å². The molecule has 13 heavy (non-hydrogen) atoms. The predicted octanol–water partition coefficient (Wildman–Crippen LogP) is -1.97. The second kappa shape index (κ2) is 5.29. The van der Waals surface area contributed by atoms with Crippen LogP contribution in [0.15, 0.2) is 0 Å². The molecule has 0 fully saturated rings. The first kappa shape index (κ1) is 14.2. The maximum atomic E-state index is 9.66. The van der Waals surface area contributed by atoms with Gasteiger partial charge in [-0.2, -0.15) is 0 Å². The Morgan fingerprint density at radius 1 is 0.846 bits per heavy atom. The molecular formula is H4N5O7Pt-. The molecule has 0 bridgehead atoms. The Morgan fingerprint density at radius 3 is 1.00 bits per heavy atom. The van der Waals surface area contributed by atoms with E-state index in [9.17, 15) is 20.2 Å². The summed E-state index contributed by atoms with van der Waals surface area (Å²) in [5, 5.41) is 34.1. The van der Waals surface area contributed by atoms with E-state index in [2.05, 4.69) is 8.58 Å². The average molecular weight is 381 g/mol. The van der Waals surface area contributed by atoms with Crippen molar-refractivity contribution < 1.29 is 29.1 Å².